The molecule has 0 saturated heterocycles. The SMILES string of the molecule is C=CC(C)(O)CC/C=C(\C)C/C=C/C(=C)C. The molecule has 0 saturated carbocycles. The summed E-state index contributed by atoms with van der Waals surface area (Å²) >= 11 is 0. The number of aliphatic hydroxyl groups is 1. The van der Waals surface area contributed by atoms with Gasteiger partial charge in [0.15, 0.2) is 0 Å². The van der Waals surface area contributed by atoms with Crippen LogP contribution in [0.15, 0.2) is 48.6 Å². The Morgan fingerprint density at radius 3 is 2.50 bits per heavy atom. The Morgan fingerprint density at radius 1 is 1.38 bits per heavy atom. The van der Waals surface area contributed by atoms with Crippen molar-refractivity contribution in [2.24, 2.45) is 0 Å². The van der Waals surface area contributed by atoms with Gasteiger partial charge in [0.25, 0.3) is 0 Å². The van der Waals surface area contributed by atoms with Crippen molar-refractivity contribution in [2.45, 2.75) is 45.6 Å². The molecule has 1 heteroatoms. The molecule has 1 atom stereocenters. The average molecular weight is 220 g/mol. The smallest absolute Gasteiger partial charge is 0.0800 e. The van der Waals surface area contributed by atoms with Crippen molar-refractivity contribution >= 4 is 0 Å². The van der Waals surface area contributed by atoms with Crippen LogP contribution in [0, 0.1) is 0 Å². The molecule has 0 bridgehead atoms. The number of hydrogen-bond donors (Lipinski definition) is 1. The molecular formula is C15H24O. The van der Waals surface area contributed by atoms with Crippen molar-refractivity contribution in [3.63, 3.8) is 0 Å². The third-order valence-electron chi connectivity index (χ3n) is 2.43. The Bertz CT molecular complexity index is 293. The second-order valence-electron chi connectivity index (χ2n) is 4.60. The largest absolute Gasteiger partial charge is 0.386 e. The Balaban J connectivity index is 3.97. The van der Waals surface area contributed by atoms with Crippen molar-refractivity contribution in [3.8, 4) is 0 Å². The number of allylic oxidation sites excluding steroid dienone is 5. The molecule has 0 fully saturated rings. The van der Waals surface area contributed by atoms with Crippen LogP contribution in [-0.4, -0.2) is 10.7 Å². The summed E-state index contributed by atoms with van der Waals surface area (Å²) in [6.45, 7) is 13.3. The minimum atomic E-state index is -0.746. The lowest BCUT2D eigenvalue weighted by atomic mass is 9.99. The van der Waals surface area contributed by atoms with E-state index in [1.165, 1.54) is 5.57 Å². The standard InChI is InChI=1S/C15H24O/c1-6-15(5,16)12-8-11-14(4)10-7-9-13(2)3/h6-7,9,11,16H,1-2,8,10,12H2,3-5H3/b9-7+,14-11+. The van der Waals surface area contributed by atoms with Crippen LogP contribution < -0.4 is 0 Å². The van der Waals surface area contributed by atoms with Gasteiger partial charge in [0, 0.05) is 0 Å². The van der Waals surface area contributed by atoms with Crippen LogP contribution in [0.1, 0.15) is 40.0 Å². The summed E-state index contributed by atoms with van der Waals surface area (Å²) in [6.07, 6.45) is 10.4. The van der Waals surface area contributed by atoms with Crippen LogP contribution in [-0.2, 0) is 0 Å². The van der Waals surface area contributed by atoms with Crippen LogP contribution >= 0.6 is 0 Å². The molecule has 0 aliphatic heterocycles. The van der Waals surface area contributed by atoms with Gasteiger partial charge in [-0.25, -0.2) is 0 Å². The zero-order valence-corrected chi connectivity index (χ0v) is 10.8. The molecule has 0 aromatic carbocycles. The molecule has 16 heavy (non-hydrogen) atoms. The highest BCUT2D eigenvalue weighted by Crippen LogP contribution is 2.14. The van der Waals surface area contributed by atoms with Crippen molar-refractivity contribution in [1.29, 1.82) is 0 Å². The summed E-state index contributed by atoms with van der Waals surface area (Å²) in [6, 6.07) is 0. The lowest BCUT2D eigenvalue weighted by Crippen LogP contribution is -2.19. The first kappa shape index (κ1) is 14.9. The van der Waals surface area contributed by atoms with Crippen LogP contribution in [0.4, 0.5) is 0 Å². The molecule has 0 spiro atoms. The van der Waals surface area contributed by atoms with Crippen LogP contribution in [0.25, 0.3) is 0 Å². The fourth-order valence-corrected chi connectivity index (χ4v) is 1.24. The van der Waals surface area contributed by atoms with E-state index in [9.17, 15) is 5.11 Å². The van der Waals surface area contributed by atoms with Gasteiger partial charge in [0.1, 0.15) is 0 Å². The summed E-state index contributed by atoms with van der Waals surface area (Å²) in [7, 11) is 0. The topological polar surface area (TPSA) is 20.2 Å². The lowest BCUT2D eigenvalue weighted by Gasteiger charge is -2.16. The van der Waals surface area contributed by atoms with E-state index in [1.807, 2.05) is 13.0 Å². The van der Waals surface area contributed by atoms with Gasteiger partial charge in [0.05, 0.1) is 5.60 Å². The highest BCUT2D eigenvalue weighted by molar-refractivity contribution is 5.14. The second kappa shape index (κ2) is 7.24. The summed E-state index contributed by atoms with van der Waals surface area (Å²) < 4.78 is 0. The van der Waals surface area contributed by atoms with E-state index < -0.39 is 5.60 Å². The molecular weight excluding hydrogens is 196 g/mol. The maximum Gasteiger partial charge on any atom is 0.0800 e. The summed E-state index contributed by atoms with van der Waals surface area (Å²) in [4.78, 5) is 0. The Hall–Kier alpha value is -1.08. The first-order valence-electron chi connectivity index (χ1n) is 5.71. The Kier molecular flexibility index (Phi) is 6.75. The maximum atomic E-state index is 9.71. The van der Waals surface area contributed by atoms with Gasteiger partial charge in [-0.3, -0.25) is 0 Å². The van der Waals surface area contributed by atoms with E-state index >= 15 is 0 Å². The van der Waals surface area contributed by atoms with Crippen molar-refractivity contribution in [1.82, 2.24) is 0 Å². The number of hydrogen-bond acceptors (Lipinski definition) is 1. The lowest BCUT2D eigenvalue weighted by molar-refractivity contribution is 0.103. The fraction of sp³-hybridized carbons (Fsp3) is 0.467. The molecule has 1 N–H and O–H groups in total. The van der Waals surface area contributed by atoms with Gasteiger partial charge >= 0.3 is 0 Å². The molecule has 0 aromatic rings. The van der Waals surface area contributed by atoms with Crippen LogP contribution in [0.2, 0.25) is 0 Å². The Morgan fingerprint density at radius 2 is 2.00 bits per heavy atom. The summed E-state index contributed by atoms with van der Waals surface area (Å²) in [5.41, 5.74) is 1.64. The van der Waals surface area contributed by atoms with Crippen molar-refractivity contribution in [2.75, 3.05) is 0 Å². The van der Waals surface area contributed by atoms with E-state index in [4.69, 9.17) is 0 Å². The fourth-order valence-electron chi connectivity index (χ4n) is 1.24. The van der Waals surface area contributed by atoms with Crippen molar-refractivity contribution in [3.05, 3.63) is 48.6 Å². The number of rotatable bonds is 7. The van der Waals surface area contributed by atoms with Gasteiger partial charge in [-0.1, -0.05) is 42.0 Å². The zero-order valence-electron chi connectivity index (χ0n) is 10.8. The third-order valence-corrected chi connectivity index (χ3v) is 2.43. The second-order valence-corrected chi connectivity index (χ2v) is 4.60. The predicted molar refractivity (Wildman–Crippen MR) is 72.4 cm³/mol. The van der Waals surface area contributed by atoms with E-state index in [0.717, 1.165) is 24.8 Å². The normalized spacial score (nSPS) is 16.1. The van der Waals surface area contributed by atoms with Crippen LogP contribution in [0.5, 0.6) is 0 Å². The monoisotopic (exact) mass is 220 g/mol. The molecule has 1 unspecified atom stereocenters. The van der Waals surface area contributed by atoms with Gasteiger partial charge < -0.3 is 5.11 Å². The summed E-state index contributed by atoms with van der Waals surface area (Å²) in [5.74, 6) is 0. The van der Waals surface area contributed by atoms with E-state index in [2.05, 4.69) is 32.2 Å². The molecule has 0 aliphatic carbocycles. The quantitative estimate of drug-likeness (QED) is 0.504. The maximum absolute atomic E-state index is 9.71. The minimum absolute atomic E-state index is 0.720. The molecule has 90 valence electrons. The molecule has 0 aliphatic rings. The molecule has 0 heterocycles. The van der Waals surface area contributed by atoms with E-state index in [0.29, 0.717) is 0 Å². The summed E-state index contributed by atoms with van der Waals surface area (Å²) in [5, 5.41) is 9.71. The molecule has 0 amide bonds. The van der Waals surface area contributed by atoms with Crippen molar-refractivity contribution < 1.29 is 5.11 Å². The van der Waals surface area contributed by atoms with E-state index in [-0.39, 0.29) is 0 Å². The van der Waals surface area contributed by atoms with Gasteiger partial charge in [-0.05, 0) is 40.0 Å². The Labute approximate surface area is 99.9 Å². The van der Waals surface area contributed by atoms with Gasteiger partial charge in [0.2, 0.25) is 0 Å². The highest BCUT2D eigenvalue weighted by Gasteiger charge is 2.12. The van der Waals surface area contributed by atoms with Crippen LogP contribution in [0.3, 0.4) is 0 Å². The van der Waals surface area contributed by atoms with Gasteiger partial charge in [-0.15, -0.1) is 6.58 Å². The molecule has 0 radical (unpaired) electrons. The van der Waals surface area contributed by atoms with E-state index in [1.54, 1.807) is 13.0 Å². The highest BCUT2D eigenvalue weighted by atomic mass is 16.3. The molecule has 0 rings (SSSR count). The molecule has 1 nitrogen and oxygen atoms in total. The minimum Gasteiger partial charge on any atom is -0.386 e. The average Bonchev–Trinajstić information content (AvgIpc) is 2.17. The first-order chi connectivity index (χ1) is 7.37. The first-order valence-corrected chi connectivity index (χ1v) is 5.71. The zero-order chi connectivity index (χ0) is 12.6. The third kappa shape index (κ3) is 8.25. The van der Waals surface area contributed by atoms with Gasteiger partial charge in [-0.2, -0.15) is 0 Å². The predicted octanol–water partition coefficient (Wildman–Crippen LogP) is 4.17. The molecule has 0 aromatic heterocycles.